The predicted octanol–water partition coefficient (Wildman–Crippen LogP) is 5.91. The van der Waals surface area contributed by atoms with Crippen LogP contribution in [-0.2, 0) is 16.1 Å². The number of rotatable bonds is 8. The summed E-state index contributed by atoms with van der Waals surface area (Å²) in [6, 6.07) is 19.5. The second-order valence-corrected chi connectivity index (χ2v) is 9.44. The summed E-state index contributed by atoms with van der Waals surface area (Å²) in [5.74, 6) is 0.102. The van der Waals surface area contributed by atoms with Crippen LogP contribution < -0.4 is 14.8 Å². The largest absolute Gasteiger partial charge is 0.493 e. The summed E-state index contributed by atoms with van der Waals surface area (Å²) < 4.78 is 11.1. The number of thioether (sulfide) groups is 1. The number of ether oxygens (including phenoxy) is 2. The third kappa shape index (κ3) is 6.27. The van der Waals surface area contributed by atoms with Gasteiger partial charge in [0.1, 0.15) is 0 Å². The van der Waals surface area contributed by atoms with Crippen LogP contribution in [0.4, 0.5) is 10.5 Å². The van der Waals surface area contributed by atoms with Crippen molar-refractivity contribution in [3.63, 3.8) is 0 Å². The maximum Gasteiger partial charge on any atom is 0.293 e. The van der Waals surface area contributed by atoms with E-state index >= 15 is 0 Å². The Morgan fingerprint density at radius 1 is 1.06 bits per heavy atom. The second kappa shape index (κ2) is 11.3. The zero-order chi connectivity index (χ0) is 25.7. The van der Waals surface area contributed by atoms with E-state index in [0.29, 0.717) is 32.7 Å². The molecule has 1 aliphatic rings. The van der Waals surface area contributed by atoms with Crippen molar-refractivity contribution in [3.8, 4) is 11.5 Å². The van der Waals surface area contributed by atoms with E-state index in [1.165, 1.54) is 12.0 Å². The summed E-state index contributed by atoms with van der Waals surface area (Å²) in [6.07, 6.45) is 1.63. The lowest BCUT2D eigenvalue weighted by Crippen LogP contribution is -2.27. The minimum Gasteiger partial charge on any atom is -0.493 e. The monoisotopic (exact) mass is 522 g/mol. The van der Waals surface area contributed by atoms with E-state index in [2.05, 4.69) is 5.32 Å². The summed E-state index contributed by atoms with van der Waals surface area (Å²) >= 11 is 6.79. The summed E-state index contributed by atoms with van der Waals surface area (Å²) in [5.41, 5.74) is 3.18. The Bertz CT molecular complexity index is 1340. The van der Waals surface area contributed by atoms with E-state index in [-0.39, 0.29) is 30.2 Å². The molecule has 1 saturated heterocycles. The molecule has 0 bridgehead atoms. The molecule has 0 saturated carbocycles. The number of imide groups is 1. The zero-order valence-corrected chi connectivity index (χ0v) is 21.2. The number of amides is 3. The van der Waals surface area contributed by atoms with Crippen molar-refractivity contribution in [2.75, 3.05) is 19.0 Å². The molecule has 0 spiro atoms. The first kappa shape index (κ1) is 25.3. The van der Waals surface area contributed by atoms with E-state index < -0.39 is 0 Å². The van der Waals surface area contributed by atoms with Gasteiger partial charge in [0.15, 0.2) is 18.1 Å². The Hall–Kier alpha value is -3.75. The number of carbonyl (C=O) groups is 3. The van der Waals surface area contributed by atoms with Crippen LogP contribution in [0.5, 0.6) is 11.5 Å². The number of methoxy groups -OCH3 is 1. The molecule has 3 amide bonds. The molecule has 36 heavy (non-hydrogen) atoms. The highest BCUT2D eigenvalue weighted by molar-refractivity contribution is 8.18. The average Bonchev–Trinajstić information content (AvgIpc) is 3.11. The first-order chi connectivity index (χ1) is 17.3. The van der Waals surface area contributed by atoms with Gasteiger partial charge in [-0.15, -0.1) is 0 Å². The number of anilines is 1. The normalized spacial score (nSPS) is 14.3. The number of halogens is 1. The minimum absolute atomic E-state index is 0.167. The van der Waals surface area contributed by atoms with Crippen LogP contribution in [0.3, 0.4) is 0 Å². The van der Waals surface area contributed by atoms with E-state index in [0.717, 1.165) is 22.9 Å². The van der Waals surface area contributed by atoms with Crippen molar-refractivity contribution < 1.29 is 23.9 Å². The van der Waals surface area contributed by atoms with Crippen molar-refractivity contribution in [1.82, 2.24) is 4.90 Å². The third-order valence-electron chi connectivity index (χ3n) is 5.27. The number of nitrogens with zero attached hydrogens (tertiary/aromatic N) is 1. The molecule has 9 heteroatoms. The van der Waals surface area contributed by atoms with E-state index in [4.69, 9.17) is 21.1 Å². The molecule has 3 aromatic rings. The molecular formula is C27H23ClN2O5S. The summed E-state index contributed by atoms with van der Waals surface area (Å²) in [5, 5.41) is 3.03. The highest BCUT2D eigenvalue weighted by Crippen LogP contribution is 2.35. The molecule has 1 aliphatic heterocycles. The number of carbonyl (C=O) groups excluding carboxylic acids is 3. The van der Waals surface area contributed by atoms with E-state index in [9.17, 15) is 14.4 Å². The van der Waals surface area contributed by atoms with E-state index in [1.54, 1.807) is 54.6 Å². The molecule has 0 unspecified atom stereocenters. The number of nitrogens with one attached hydrogen (secondary N) is 1. The first-order valence-electron chi connectivity index (χ1n) is 11.0. The van der Waals surface area contributed by atoms with Gasteiger partial charge in [0.2, 0.25) is 0 Å². The van der Waals surface area contributed by atoms with Gasteiger partial charge in [-0.05, 0) is 77.9 Å². The third-order valence-corrected chi connectivity index (χ3v) is 6.43. The predicted molar refractivity (Wildman–Crippen MR) is 141 cm³/mol. The van der Waals surface area contributed by atoms with Crippen molar-refractivity contribution >= 4 is 52.2 Å². The van der Waals surface area contributed by atoms with Crippen LogP contribution in [0.2, 0.25) is 5.02 Å². The molecule has 0 atom stereocenters. The lowest BCUT2D eigenvalue weighted by molar-refractivity contribution is -0.123. The van der Waals surface area contributed by atoms with Crippen LogP contribution in [-0.4, -0.2) is 35.7 Å². The van der Waals surface area contributed by atoms with Crippen molar-refractivity contribution in [2.24, 2.45) is 0 Å². The molecule has 4 rings (SSSR count). The first-order valence-corrected chi connectivity index (χ1v) is 12.2. The lowest BCUT2D eigenvalue weighted by Gasteiger charge is -2.13. The smallest absolute Gasteiger partial charge is 0.293 e. The van der Waals surface area contributed by atoms with E-state index in [1.807, 2.05) is 25.1 Å². The van der Waals surface area contributed by atoms with Gasteiger partial charge in [0.05, 0.1) is 18.6 Å². The number of hydrogen-bond donors (Lipinski definition) is 1. The Labute approximate surface area is 218 Å². The molecule has 1 fully saturated rings. The fourth-order valence-corrected chi connectivity index (χ4v) is 4.48. The van der Waals surface area contributed by atoms with Crippen molar-refractivity contribution in [3.05, 3.63) is 93.3 Å². The molecular weight excluding hydrogens is 500 g/mol. The molecule has 0 aromatic heterocycles. The quantitative estimate of drug-likeness (QED) is 0.370. The van der Waals surface area contributed by atoms with Gasteiger partial charge in [-0.3, -0.25) is 19.3 Å². The SMILES string of the molecule is COc1cc(/C=C2\SC(=O)N(Cc3ccc(Cl)cc3)C2=O)ccc1OCC(=O)Nc1cccc(C)c1. The Balaban J connectivity index is 1.41. The lowest BCUT2D eigenvalue weighted by atomic mass is 10.1. The van der Waals surface area contributed by atoms with Crippen LogP contribution in [0, 0.1) is 6.92 Å². The highest BCUT2D eigenvalue weighted by Gasteiger charge is 2.35. The molecule has 3 aromatic carbocycles. The van der Waals surface area contributed by atoms with Gasteiger partial charge >= 0.3 is 0 Å². The maximum atomic E-state index is 12.9. The van der Waals surface area contributed by atoms with Crippen LogP contribution in [0.25, 0.3) is 6.08 Å². The molecule has 1 heterocycles. The van der Waals surface area contributed by atoms with Crippen LogP contribution in [0.15, 0.2) is 71.6 Å². The standard InChI is InChI=1S/C27H23ClN2O5S/c1-17-4-3-5-21(12-17)29-25(31)16-35-22-11-8-19(13-23(22)34-2)14-24-26(32)30(27(33)36-24)15-18-6-9-20(28)10-7-18/h3-14H,15-16H2,1-2H3,(H,29,31)/b24-14-. The number of hydrogen-bond acceptors (Lipinski definition) is 6. The molecule has 1 N–H and O–H groups in total. The minimum atomic E-state index is -0.368. The number of benzene rings is 3. The summed E-state index contributed by atoms with van der Waals surface area (Å²) in [7, 11) is 1.48. The van der Waals surface area contributed by atoms with Gasteiger partial charge in [0.25, 0.3) is 17.1 Å². The van der Waals surface area contributed by atoms with Crippen LogP contribution in [0.1, 0.15) is 16.7 Å². The maximum absolute atomic E-state index is 12.9. The van der Waals surface area contributed by atoms with Crippen LogP contribution >= 0.6 is 23.4 Å². The topological polar surface area (TPSA) is 84.9 Å². The van der Waals surface area contributed by atoms with Gasteiger partial charge in [-0.1, -0.05) is 41.9 Å². The van der Waals surface area contributed by atoms with Crippen molar-refractivity contribution in [1.29, 1.82) is 0 Å². The Morgan fingerprint density at radius 3 is 2.56 bits per heavy atom. The molecule has 0 aliphatic carbocycles. The van der Waals surface area contributed by atoms with Gasteiger partial charge in [-0.25, -0.2) is 0 Å². The molecule has 0 radical (unpaired) electrons. The van der Waals surface area contributed by atoms with Gasteiger partial charge in [-0.2, -0.15) is 0 Å². The summed E-state index contributed by atoms with van der Waals surface area (Å²) in [4.78, 5) is 39.1. The van der Waals surface area contributed by atoms with Crippen molar-refractivity contribution in [2.45, 2.75) is 13.5 Å². The zero-order valence-electron chi connectivity index (χ0n) is 19.6. The van der Waals surface area contributed by atoms with Gasteiger partial charge < -0.3 is 14.8 Å². The Kier molecular flexibility index (Phi) is 7.97. The fourth-order valence-electron chi connectivity index (χ4n) is 3.52. The molecule has 7 nitrogen and oxygen atoms in total. The summed E-state index contributed by atoms with van der Waals surface area (Å²) in [6.45, 7) is 1.91. The Morgan fingerprint density at radius 2 is 1.83 bits per heavy atom. The van der Waals surface area contributed by atoms with Gasteiger partial charge in [0, 0.05) is 10.7 Å². The fraction of sp³-hybridized carbons (Fsp3) is 0.148. The highest BCUT2D eigenvalue weighted by atomic mass is 35.5. The number of aryl methyl sites for hydroxylation is 1. The molecule has 184 valence electrons. The average molecular weight is 523 g/mol. The second-order valence-electron chi connectivity index (χ2n) is 8.01.